The van der Waals surface area contributed by atoms with Gasteiger partial charge in [0.25, 0.3) is 5.91 Å². The van der Waals surface area contributed by atoms with E-state index in [1.807, 2.05) is 0 Å². The Morgan fingerprint density at radius 3 is 2.71 bits per heavy atom. The number of carbonyl (C=O) groups is 1. The summed E-state index contributed by atoms with van der Waals surface area (Å²) in [5, 5.41) is 12.5. The number of hydrogen-bond donors (Lipinski definition) is 2. The number of ether oxygens (including phenoxy) is 2. The highest BCUT2D eigenvalue weighted by molar-refractivity contribution is 5.97. The SMILES string of the molecule is COc1ccc(C(=O)NC2CCCCC2CO)c(OC)c1. The van der Waals surface area contributed by atoms with Gasteiger partial charge in [0.15, 0.2) is 0 Å². The highest BCUT2D eigenvalue weighted by atomic mass is 16.5. The first-order valence-corrected chi connectivity index (χ1v) is 7.33. The van der Waals surface area contributed by atoms with E-state index in [9.17, 15) is 9.90 Å². The maximum atomic E-state index is 12.4. The molecule has 116 valence electrons. The summed E-state index contributed by atoms with van der Waals surface area (Å²) in [6, 6.07) is 5.16. The lowest BCUT2D eigenvalue weighted by Crippen LogP contribution is -2.43. The number of carbonyl (C=O) groups excluding carboxylic acids is 1. The zero-order valence-corrected chi connectivity index (χ0v) is 12.6. The number of aliphatic hydroxyl groups is 1. The van der Waals surface area contributed by atoms with Crippen molar-refractivity contribution in [3.8, 4) is 11.5 Å². The van der Waals surface area contributed by atoms with Crippen LogP contribution in [0.4, 0.5) is 0 Å². The summed E-state index contributed by atoms with van der Waals surface area (Å²) in [6.45, 7) is 0.116. The largest absolute Gasteiger partial charge is 0.497 e. The van der Waals surface area contributed by atoms with Gasteiger partial charge in [-0.1, -0.05) is 12.8 Å². The molecule has 5 heteroatoms. The maximum absolute atomic E-state index is 12.4. The van der Waals surface area contributed by atoms with E-state index in [1.54, 1.807) is 25.3 Å². The normalized spacial score (nSPS) is 21.7. The smallest absolute Gasteiger partial charge is 0.255 e. The van der Waals surface area contributed by atoms with Crippen LogP contribution < -0.4 is 14.8 Å². The Labute approximate surface area is 125 Å². The number of benzene rings is 1. The monoisotopic (exact) mass is 293 g/mol. The molecule has 0 aliphatic heterocycles. The summed E-state index contributed by atoms with van der Waals surface area (Å²) in [6.07, 6.45) is 4.07. The van der Waals surface area contributed by atoms with Crippen LogP contribution in [0.15, 0.2) is 18.2 Å². The van der Waals surface area contributed by atoms with Crippen LogP contribution in [0.3, 0.4) is 0 Å². The van der Waals surface area contributed by atoms with Crippen molar-refractivity contribution in [3.05, 3.63) is 23.8 Å². The minimum Gasteiger partial charge on any atom is -0.497 e. The Hall–Kier alpha value is -1.75. The lowest BCUT2D eigenvalue weighted by Gasteiger charge is -2.31. The molecule has 1 saturated carbocycles. The molecule has 0 aromatic heterocycles. The lowest BCUT2D eigenvalue weighted by molar-refractivity contribution is 0.0869. The fourth-order valence-electron chi connectivity index (χ4n) is 2.85. The number of aliphatic hydroxyl groups excluding tert-OH is 1. The van der Waals surface area contributed by atoms with Gasteiger partial charge in [0.1, 0.15) is 11.5 Å². The van der Waals surface area contributed by atoms with Crippen molar-refractivity contribution in [1.29, 1.82) is 0 Å². The Balaban J connectivity index is 2.12. The molecule has 0 heterocycles. The lowest BCUT2D eigenvalue weighted by atomic mass is 9.85. The molecule has 21 heavy (non-hydrogen) atoms. The summed E-state index contributed by atoms with van der Waals surface area (Å²) in [5.41, 5.74) is 0.487. The molecule has 1 aromatic rings. The molecule has 2 unspecified atom stereocenters. The summed E-state index contributed by atoms with van der Waals surface area (Å²) in [7, 11) is 3.10. The van der Waals surface area contributed by atoms with Crippen LogP contribution in [0, 0.1) is 5.92 Å². The Kier molecular flexibility index (Phi) is 5.44. The number of methoxy groups -OCH3 is 2. The zero-order valence-electron chi connectivity index (χ0n) is 12.6. The predicted molar refractivity (Wildman–Crippen MR) is 79.8 cm³/mol. The summed E-state index contributed by atoms with van der Waals surface area (Å²) in [5.74, 6) is 1.12. The average molecular weight is 293 g/mol. The molecule has 1 aliphatic carbocycles. The minimum absolute atomic E-state index is 0.0306. The molecule has 0 radical (unpaired) electrons. The fourth-order valence-corrected chi connectivity index (χ4v) is 2.85. The van der Waals surface area contributed by atoms with E-state index in [4.69, 9.17) is 9.47 Å². The Morgan fingerprint density at radius 1 is 1.29 bits per heavy atom. The van der Waals surface area contributed by atoms with Crippen molar-refractivity contribution in [2.24, 2.45) is 5.92 Å². The molecule has 1 aromatic carbocycles. The van der Waals surface area contributed by atoms with E-state index >= 15 is 0 Å². The number of hydrogen-bond acceptors (Lipinski definition) is 4. The van der Waals surface area contributed by atoms with Crippen LogP contribution in [0.25, 0.3) is 0 Å². The molecule has 1 aliphatic rings. The molecule has 0 spiro atoms. The van der Waals surface area contributed by atoms with E-state index in [1.165, 1.54) is 7.11 Å². The van der Waals surface area contributed by atoms with Crippen molar-refractivity contribution >= 4 is 5.91 Å². The van der Waals surface area contributed by atoms with Crippen molar-refractivity contribution in [2.75, 3.05) is 20.8 Å². The van der Waals surface area contributed by atoms with Gasteiger partial charge in [0.05, 0.1) is 19.8 Å². The molecule has 2 atom stereocenters. The summed E-state index contributed by atoms with van der Waals surface area (Å²) in [4.78, 5) is 12.4. The van der Waals surface area contributed by atoms with Crippen LogP contribution >= 0.6 is 0 Å². The van der Waals surface area contributed by atoms with E-state index in [-0.39, 0.29) is 24.5 Å². The topological polar surface area (TPSA) is 67.8 Å². The first kappa shape index (κ1) is 15.6. The first-order chi connectivity index (χ1) is 10.2. The molecule has 1 amide bonds. The van der Waals surface area contributed by atoms with E-state index in [0.717, 1.165) is 25.7 Å². The zero-order chi connectivity index (χ0) is 15.2. The molecule has 2 rings (SSSR count). The molecule has 2 N–H and O–H groups in total. The van der Waals surface area contributed by atoms with E-state index < -0.39 is 0 Å². The van der Waals surface area contributed by atoms with Gasteiger partial charge < -0.3 is 19.9 Å². The van der Waals surface area contributed by atoms with Crippen LogP contribution in [0.5, 0.6) is 11.5 Å². The maximum Gasteiger partial charge on any atom is 0.255 e. The van der Waals surface area contributed by atoms with Gasteiger partial charge in [-0.25, -0.2) is 0 Å². The van der Waals surface area contributed by atoms with Crippen LogP contribution in [0.2, 0.25) is 0 Å². The average Bonchev–Trinajstić information content (AvgIpc) is 2.54. The Morgan fingerprint density at radius 2 is 2.05 bits per heavy atom. The van der Waals surface area contributed by atoms with Gasteiger partial charge in [-0.3, -0.25) is 4.79 Å². The molecule has 5 nitrogen and oxygen atoms in total. The van der Waals surface area contributed by atoms with Gasteiger partial charge in [-0.05, 0) is 25.0 Å². The highest BCUT2D eigenvalue weighted by Gasteiger charge is 2.27. The standard InChI is InChI=1S/C16H23NO4/c1-20-12-7-8-13(15(9-12)21-2)16(19)17-14-6-4-3-5-11(14)10-18/h7-9,11,14,18H,3-6,10H2,1-2H3,(H,17,19). The second kappa shape index (κ2) is 7.31. The van der Waals surface area contributed by atoms with Crippen LogP contribution in [0.1, 0.15) is 36.0 Å². The van der Waals surface area contributed by atoms with Crippen molar-refractivity contribution in [3.63, 3.8) is 0 Å². The van der Waals surface area contributed by atoms with Gasteiger partial charge in [0.2, 0.25) is 0 Å². The van der Waals surface area contributed by atoms with Crippen LogP contribution in [-0.2, 0) is 0 Å². The second-order valence-corrected chi connectivity index (χ2v) is 5.37. The highest BCUT2D eigenvalue weighted by Crippen LogP contribution is 2.27. The third-order valence-corrected chi connectivity index (χ3v) is 4.11. The van der Waals surface area contributed by atoms with Gasteiger partial charge in [-0.2, -0.15) is 0 Å². The quantitative estimate of drug-likeness (QED) is 0.871. The second-order valence-electron chi connectivity index (χ2n) is 5.37. The molecular formula is C16H23NO4. The third-order valence-electron chi connectivity index (χ3n) is 4.11. The third kappa shape index (κ3) is 3.67. The summed E-state index contributed by atoms with van der Waals surface area (Å²) >= 11 is 0. The van der Waals surface area contributed by atoms with E-state index in [0.29, 0.717) is 17.1 Å². The summed E-state index contributed by atoms with van der Waals surface area (Å²) < 4.78 is 10.4. The predicted octanol–water partition coefficient (Wildman–Crippen LogP) is 1.98. The van der Waals surface area contributed by atoms with Crippen molar-refractivity contribution in [2.45, 2.75) is 31.7 Å². The molecule has 1 fully saturated rings. The molecular weight excluding hydrogens is 270 g/mol. The minimum atomic E-state index is -0.167. The van der Waals surface area contributed by atoms with Gasteiger partial charge >= 0.3 is 0 Å². The van der Waals surface area contributed by atoms with Gasteiger partial charge in [-0.15, -0.1) is 0 Å². The number of rotatable bonds is 5. The first-order valence-electron chi connectivity index (χ1n) is 7.33. The molecule has 0 bridgehead atoms. The number of amides is 1. The van der Waals surface area contributed by atoms with Crippen LogP contribution in [-0.4, -0.2) is 37.9 Å². The number of nitrogens with one attached hydrogen (secondary N) is 1. The van der Waals surface area contributed by atoms with Gasteiger partial charge in [0, 0.05) is 24.6 Å². The Bertz CT molecular complexity index is 489. The van der Waals surface area contributed by atoms with Crippen molar-refractivity contribution < 1.29 is 19.4 Å². The molecule has 0 saturated heterocycles. The fraction of sp³-hybridized carbons (Fsp3) is 0.562. The van der Waals surface area contributed by atoms with E-state index in [2.05, 4.69) is 5.32 Å². The van der Waals surface area contributed by atoms with Crippen molar-refractivity contribution in [1.82, 2.24) is 5.32 Å².